The van der Waals surface area contributed by atoms with Gasteiger partial charge in [0.1, 0.15) is 17.4 Å². The lowest BCUT2D eigenvalue weighted by Crippen LogP contribution is -2.11. The zero-order chi connectivity index (χ0) is 19.7. The van der Waals surface area contributed by atoms with E-state index >= 15 is 0 Å². The normalized spacial score (nSPS) is 10.8. The Labute approximate surface area is 161 Å². The number of nitrogens with zero attached hydrogens (tertiary/aromatic N) is 2. The number of H-pyrrole nitrogens is 1. The van der Waals surface area contributed by atoms with Gasteiger partial charge in [0.05, 0.1) is 17.2 Å². The van der Waals surface area contributed by atoms with Crippen LogP contribution in [0.1, 0.15) is 15.9 Å². The number of phenols is 1. The third-order valence-electron chi connectivity index (χ3n) is 4.50. The third-order valence-corrected chi connectivity index (χ3v) is 4.50. The number of fused-ring (bicyclic) bond motifs is 1. The van der Waals surface area contributed by atoms with Gasteiger partial charge in [-0.3, -0.25) is 4.79 Å². The van der Waals surface area contributed by atoms with Crippen molar-refractivity contribution in [3.05, 3.63) is 65.9 Å². The van der Waals surface area contributed by atoms with Crippen molar-refractivity contribution in [2.75, 3.05) is 17.7 Å². The largest absolute Gasteiger partial charge is 0.508 e. The van der Waals surface area contributed by atoms with E-state index in [2.05, 4.69) is 25.6 Å². The molecule has 4 rings (SSSR count). The number of amides is 1. The molecule has 0 spiro atoms. The van der Waals surface area contributed by atoms with Crippen molar-refractivity contribution in [2.45, 2.75) is 6.92 Å². The minimum absolute atomic E-state index is 0.170. The first kappa shape index (κ1) is 17.5. The molecule has 28 heavy (non-hydrogen) atoms. The van der Waals surface area contributed by atoms with E-state index in [1.165, 1.54) is 6.07 Å². The van der Waals surface area contributed by atoms with Gasteiger partial charge in [-0.05, 0) is 55.0 Å². The second-order valence-corrected chi connectivity index (χ2v) is 6.45. The quantitative estimate of drug-likeness (QED) is 0.434. The molecule has 0 saturated carbocycles. The number of phenolic OH excluding ortho intramolecular Hbond substituents is 1. The molecule has 0 aliphatic heterocycles. The van der Waals surface area contributed by atoms with Gasteiger partial charge in [-0.25, -0.2) is 9.97 Å². The summed E-state index contributed by atoms with van der Waals surface area (Å²) in [7, 11) is 1.81. The zero-order valence-electron chi connectivity index (χ0n) is 15.4. The molecule has 2 aromatic heterocycles. The van der Waals surface area contributed by atoms with Crippen LogP contribution in [-0.4, -0.2) is 33.0 Å². The van der Waals surface area contributed by atoms with E-state index in [-0.39, 0.29) is 11.7 Å². The van der Waals surface area contributed by atoms with Gasteiger partial charge in [-0.2, -0.15) is 0 Å². The number of hydrogen-bond donors (Lipinski definition) is 4. The Kier molecular flexibility index (Phi) is 4.41. The number of aryl methyl sites for hydroxylation is 1. The highest BCUT2D eigenvalue weighted by atomic mass is 16.3. The lowest BCUT2D eigenvalue weighted by Gasteiger charge is -2.07. The van der Waals surface area contributed by atoms with Gasteiger partial charge in [0.25, 0.3) is 5.91 Å². The van der Waals surface area contributed by atoms with E-state index in [1.54, 1.807) is 25.3 Å². The van der Waals surface area contributed by atoms with Gasteiger partial charge < -0.3 is 20.7 Å². The standard InChI is InChI=1S/C21H19N5O2/c1-12-9-14(5-8-18(12)27)21(28)24-15-6-3-13(4-7-15)20-25-16-10-19(22-2)23-11-17(16)26-20/h3-11,27H,1-2H3,(H,22,23)(H,24,28)(H,25,26). The average molecular weight is 373 g/mol. The number of pyridine rings is 1. The van der Waals surface area contributed by atoms with Crippen LogP contribution in [0, 0.1) is 6.92 Å². The van der Waals surface area contributed by atoms with Crippen LogP contribution in [0.25, 0.3) is 22.4 Å². The molecule has 7 heteroatoms. The third kappa shape index (κ3) is 3.37. The first-order chi connectivity index (χ1) is 13.5. The summed E-state index contributed by atoms with van der Waals surface area (Å²) in [5.74, 6) is 1.43. The van der Waals surface area contributed by atoms with Crippen LogP contribution < -0.4 is 10.6 Å². The van der Waals surface area contributed by atoms with Crippen LogP contribution in [0.4, 0.5) is 11.5 Å². The Balaban J connectivity index is 1.53. The first-order valence-electron chi connectivity index (χ1n) is 8.78. The van der Waals surface area contributed by atoms with Gasteiger partial charge in [-0.15, -0.1) is 0 Å². The van der Waals surface area contributed by atoms with Gasteiger partial charge in [0.15, 0.2) is 0 Å². The van der Waals surface area contributed by atoms with Gasteiger partial charge in [0, 0.05) is 29.9 Å². The second-order valence-electron chi connectivity index (χ2n) is 6.45. The maximum atomic E-state index is 12.4. The molecule has 2 heterocycles. The molecule has 0 aliphatic rings. The van der Waals surface area contributed by atoms with Crippen LogP contribution in [-0.2, 0) is 0 Å². The van der Waals surface area contributed by atoms with Crippen molar-refractivity contribution < 1.29 is 9.90 Å². The highest BCUT2D eigenvalue weighted by Gasteiger charge is 2.10. The number of nitrogens with one attached hydrogen (secondary N) is 3. The number of hydrogen-bond acceptors (Lipinski definition) is 5. The molecule has 1 amide bonds. The summed E-state index contributed by atoms with van der Waals surface area (Å²) in [5, 5.41) is 15.4. The summed E-state index contributed by atoms with van der Waals surface area (Å²) in [6.45, 7) is 1.75. The van der Waals surface area contributed by atoms with Crippen LogP contribution in [0.3, 0.4) is 0 Å². The van der Waals surface area contributed by atoms with E-state index in [1.807, 2.05) is 37.4 Å². The smallest absolute Gasteiger partial charge is 0.255 e. The minimum atomic E-state index is -0.231. The number of aromatic amines is 1. The van der Waals surface area contributed by atoms with Gasteiger partial charge in [-0.1, -0.05) is 0 Å². The molecule has 0 aliphatic carbocycles. The molecule has 0 radical (unpaired) electrons. The monoisotopic (exact) mass is 373 g/mol. The predicted molar refractivity (Wildman–Crippen MR) is 110 cm³/mol. The molecule has 0 fully saturated rings. The molecule has 0 bridgehead atoms. The summed E-state index contributed by atoms with van der Waals surface area (Å²) >= 11 is 0. The predicted octanol–water partition coefficient (Wildman–Crippen LogP) is 3.93. The van der Waals surface area contributed by atoms with Crippen molar-refractivity contribution in [3.63, 3.8) is 0 Å². The molecule has 7 nitrogen and oxygen atoms in total. The summed E-state index contributed by atoms with van der Waals surface area (Å²) in [5.41, 5.74) is 4.41. The number of benzene rings is 2. The molecule has 140 valence electrons. The Bertz CT molecular complexity index is 1170. The maximum Gasteiger partial charge on any atom is 0.255 e. The van der Waals surface area contributed by atoms with Crippen molar-refractivity contribution in [2.24, 2.45) is 0 Å². The number of anilines is 2. The van der Waals surface area contributed by atoms with E-state index in [0.717, 1.165) is 28.2 Å². The van der Waals surface area contributed by atoms with Crippen LogP contribution >= 0.6 is 0 Å². The number of rotatable bonds is 4. The summed E-state index contributed by atoms with van der Waals surface area (Å²) in [6, 6.07) is 14.1. The zero-order valence-corrected chi connectivity index (χ0v) is 15.4. The minimum Gasteiger partial charge on any atom is -0.508 e. The summed E-state index contributed by atoms with van der Waals surface area (Å²) in [4.78, 5) is 24.5. The number of imidazole rings is 1. The van der Waals surface area contributed by atoms with Gasteiger partial charge >= 0.3 is 0 Å². The molecule has 0 saturated heterocycles. The Morgan fingerprint density at radius 3 is 2.61 bits per heavy atom. The van der Waals surface area contributed by atoms with E-state index < -0.39 is 0 Å². The SMILES string of the molecule is CNc1cc2nc(-c3ccc(NC(=O)c4ccc(O)c(C)c4)cc3)[nH]c2cn1. The Morgan fingerprint density at radius 2 is 1.89 bits per heavy atom. The fourth-order valence-electron chi connectivity index (χ4n) is 2.89. The van der Waals surface area contributed by atoms with Crippen molar-refractivity contribution >= 4 is 28.4 Å². The molecular weight excluding hydrogens is 354 g/mol. The molecule has 2 aromatic carbocycles. The summed E-state index contributed by atoms with van der Waals surface area (Å²) < 4.78 is 0. The average Bonchev–Trinajstić information content (AvgIpc) is 3.13. The van der Waals surface area contributed by atoms with Crippen LogP contribution in [0.15, 0.2) is 54.7 Å². The number of carbonyl (C=O) groups excluding carboxylic acids is 1. The molecule has 0 atom stereocenters. The van der Waals surface area contributed by atoms with Gasteiger partial charge in [0.2, 0.25) is 0 Å². The van der Waals surface area contributed by atoms with E-state index in [9.17, 15) is 9.90 Å². The molecule has 4 N–H and O–H groups in total. The second kappa shape index (κ2) is 7.03. The topological polar surface area (TPSA) is 103 Å². The van der Waals surface area contributed by atoms with Crippen molar-refractivity contribution in [1.29, 1.82) is 0 Å². The lowest BCUT2D eigenvalue weighted by atomic mass is 10.1. The fraction of sp³-hybridized carbons (Fsp3) is 0.0952. The van der Waals surface area contributed by atoms with Crippen molar-refractivity contribution in [1.82, 2.24) is 15.0 Å². The molecule has 4 aromatic rings. The Morgan fingerprint density at radius 1 is 1.11 bits per heavy atom. The highest BCUT2D eigenvalue weighted by Crippen LogP contribution is 2.23. The van der Waals surface area contributed by atoms with Crippen LogP contribution in [0.5, 0.6) is 5.75 Å². The summed E-state index contributed by atoms with van der Waals surface area (Å²) in [6.07, 6.45) is 1.74. The Hall–Kier alpha value is -3.87. The number of aromatic hydroxyl groups is 1. The number of aromatic nitrogens is 3. The lowest BCUT2D eigenvalue weighted by molar-refractivity contribution is 0.102. The number of carbonyl (C=O) groups is 1. The fourth-order valence-corrected chi connectivity index (χ4v) is 2.89. The van der Waals surface area contributed by atoms with Crippen molar-refractivity contribution in [3.8, 4) is 17.1 Å². The van der Waals surface area contributed by atoms with E-state index in [0.29, 0.717) is 16.8 Å². The first-order valence-corrected chi connectivity index (χ1v) is 8.78. The molecule has 0 unspecified atom stereocenters. The highest BCUT2D eigenvalue weighted by molar-refractivity contribution is 6.04. The van der Waals surface area contributed by atoms with E-state index in [4.69, 9.17) is 0 Å². The van der Waals surface area contributed by atoms with Crippen LogP contribution in [0.2, 0.25) is 0 Å². The molecular formula is C21H19N5O2. The maximum absolute atomic E-state index is 12.4.